The highest BCUT2D eigenvalue weighted by atomic mass is 32.2. The van der Waals surface area contributed by atoms with Gasteiger partial charge in [0.2, 0.25) is 0 Å². The van der Waals surface area contributed by atoms with Crippen LogP contribution in [0.2, 0.25) is 0 Å². The fourth-order valence-electron chi connectivity index (χ4n) is 6.60. The van der Waals surface area contributed by atoms with Crippen molar-refractivity contribution in [2.75, 3.05) is 19.6 Å². The zero-order valence-corrected chi connectivity index (χ0v) is 16.9. The molecule has 3 nitrogen and oxygen atoms in total. The SMILES string of the molecule is [O-][S+](N[C@H]1CCN(CCc2ccc(F)cc2)C1)C12CC3CC(CC(C3)C1)C2. The van der Waals surface area contributed by atoms with E-state index in [0.29, 0.717) is 6.04 Å². The summed E-state index contributed by atoms with van der Waals surface area (Å²) in [6, 6.07) is 7.19. The van der Waals surface area contributed by atoms with Crippen LogP contribution in [-0.4, -0.2) is 39.9 Å². The summed E-state index contributed by atoms with van der Waals surface area (Å²) in [5.74, 6) is 2.37. The molecule has 148 valence electrons. The Labute approximate surface area is 165 Å². The van der Waals surface area contributed by atoms with Gasteiger partial charge in [-0.25, -0.2) is 4.39 Å². The predicted molar refractivity (Wildman–Crippen MR) is 107 cm³/mol. The van der Waals surface area contributed by atoms with Crippen LogP contribution in [0.4, 0.5) is 4.39 Å². The average molecular weight is 391 g/mol. The van der Waals surface area contributed by atoms with Gasteiger partial charge >= 0.3 is 0 Å². The highest BCUT2D eigenvalue weighted by Crippen LogP contribution is 2.58. The second-order valence-corrected chi connectivity index (χ2v) is 11.3. The number of nitrogens with zero attached hydrogens (tertiary/aromatic N) is 1. The largest absolute Gasteiger partial charge is 0.598 e. The van der Waals surface area contributed by atoms with Gasteiger partial charge in [0.1, 0.15) is 10.6 Å². The first kappa shape index (κ1) is 18.4. The molecule has 1 N–H and O–H groups in total. The van der Waals surface area contributed by atoms with Crippen LogP contribution >= 0.6 is 0 Å². The molecule has 4 saturated carbocycles. The summed E-state index contributed by atoms with van der Waals surface area (Å²) in [6.45, 7) is 3.05. The molecular formula is C22H31FN2OS. The molecule has 0 radical (unpaired) electrons. The molecule has 4 bridgehead atoms. The predicted octanol–water partition coefficient (Wildman–Crippen LogP) is 3.66. The molecule has 1 unspecified atom stereocenters. The lowest BCUT2D eigenvalue weighted by molar-refractivity contribution is 0.0332. The van der Waals surface area contributed by atoms with Crippen LogP contribution in [0.5, 0.6) is 0 Å². The fourth-order valence-corrected chi connectivity index (χ4v) is 8.51. The number of rotatable bonds is 6. The first-order valence-corrected chi connectivity index (χ1v) is 11.9. The standard InChI is InChI=1S/C22H31FN2OS/c23-20-3-1-16(2-4-20)5-7-25-8-6-21(15-25)24-27(26)22-12-17-9-18(13-22)11-19(10-17)14-22/h1-4,17-19,21,24H,5-15H2/t17?,18?,19?,21-,22?,27?/m0/s1. The molecule has 4 aliphatic carbocycles. The van der Waals surface area contributed by atoms with Crippen molar-refractivity contribution in [2.24, 2.45) is 17.8 Å². The fraction of sp³-hybridized carbons (Fsp3) is 0.727. The number of hydrogen-bond donors (Lipinski definition) is 1. The highest BCUT2D eigenvalue weighted by Gasteiger charge is 2.58. The molecular weight excluding hydrogens is 359 g/mol. The van der Waals surface area contributed by atoms with E-state index in [2.05, 4.69) is 9.62 Å². The first-order valence-electron chi connectivity index (χ1n) is 10.7. The quantitative estimate of drug-likeness (QED) is 0.754. The number of nitrogens with one attached hydrogen (secondary N) is 1. The highest BCUT2D eigenvalue weighted by molar-refractivity contribution is 7.90. The molecule has 27 heavy (non-hydrogen) atoms. The van der Waals surface area contributed by atoms with Gasteiger partial charge in [-0.1, -0.05) is 12.1 Å². The van der Waals surface area contributed by atoms with Gasteiger partial charge in [-0.15, -0.1) is 4.72 Å². The van der Waals surface area contributed by atoms with Crippen LogP contribution in [0.3, 0.4) is 0 Å². The Kier molecular flexibility index (Phi) is 5.00. The van der Waals surface area contributed by atoms with Crippen molar-refractivity contribution >= 4 is 11.4 Å². The molecule has 1 aliphatic heterocycles. The maximum absolute atomic E-state index is 13.3. The Balaban J connectivity index is 1.13. The van der Waals surface area contributed by atoms with Crippen molar-refractivity contribution in [1.29, 1.82) is 0 Å². The molecule has 5 heteroatoms. The maximum atomic E-state index is 13.3. The monoisotopic (exact) mass is 390 g/mol. The van der Waals surface area contributed by atoms with Gasteiger partial charge in [0.05, 0.1) is 6.04 Å². The Morgan fingerprint density at radius 2 is 1.70 bits per heavy atom. The van der Waals surface area contributed by atoms with Gasteiger partial charge in [-0.2, -0.15) is 0 Å². The summed E-state index contributed by atoms with van der Waals surface area (Å²) in [7, 11) is 0. The maximum Gasteiger partial charge on any atom is 0.146 e. The van der Waals surface area contributed by atoms with Crippen LogP contribution in [0.1, 0.15) is 50.5 Å². The summed E-state index contributed by atoms with van der Waals surface area (Å²) >= 11 is -0.890. The zero-order chi connectivity index (χ0) is 18.4. The molecule has 0 amide bonds. The van der Waals surface area contributed by atoms with Crippen molar-refractivity contribution < 1.29 is 8.94 Å². The third-order valence-electron chi connectivity index (χ3n) is 7.55. The summed E-state index contributed by atoms with van der Waals surface area (Å²) < 4.78 is 30.0. The molecule has 1 aromatic carbocycles. The second kappa shape index (κ2) is 7.33. The van der Waals surface area contributed by atoms with Crippen LogP contribution in [0.25, 0.3) is 0 Å². The van der Waals surface area contributed by atoms with E-state index < -0.39 is 11.4 Å². The van der Waals surface area contributed by atoms with Crippen molar-refractivity contribution in [2.45, 2.75) is 62.2 Å². The van der Waals surface area contributed by atoms with Crippen LogP contribution < -0.4 is 4.72 Å². The Morgan fingerprint density at radius 3 is 2.33 bits per heavy atom. The van der Waals surface area contributed by atoms with Crippen molar-refractivity contribution in [3.05, 3.63) is 35.6 Å². The van der Waals surface area contributed by atoms with Crippen molar-refractivity contribution in [3.63, 3.8) is 0 Å². The van der Waals surface area contributed by atoms with E-state index in [4.69, 9.17) is 0 Å². The van der Waals surface area contributed by atoms with E-state index in [-0.39, 0.29) is 10.6 Å². The third-order valence-corrected chi connectivity index (χ3v) is 9.39. The number of likely N-dealkylation sites (tertiary alicyclic amines) is 1. The molecule has 1 heterocycles. The topological polar surface area (TPSA) is 38.3 Å². The van der Waals surface area contributed by atoms with Crippen LogP contribution in [0.15, 0.2) is 24.3 Å². The second-order valence-electron chi connectivity index (χ2n) is 9.65. The van der Waals surface area contributed by atoms with E-state index in [1.165, 1.54) is 56.2 Å². The summed E-state index contributed by atoms with van der Waals surface area (Å²) in [6.07, 6.45) is 9.82. The molecule has 5 fully saturated rings. The Bertz CT molecular complexity index is 631. The number of hydrogen-bond acceptors (Lipinski definition) is 3. The average Bonchev–Trinajstić information content (AvgIpc) is 3.07. The lowest BCUT2D eigenvalue weighted by Crippen LogP contribution is -2.59. The lowest BCUT2D eigenvalue weighted by Gasteiger charge is -2.55. The Morgan fingerprint density at radius 1 is 1.07 bits per heavy atom. The molecule has 0 spiro atoms. The van der Waals surface area contributed by atoms with Gasteiger partial charge < -0.3 is 9.45 Å². The molecule has 1 saturated heterocycles. The minimum atomic E-state index is -0.890. The van der Waals surface area contributed by atoms with Gasteiger partial charge in [-0.3, -0.25) is 0 Å². The normalized spacial score (nSPS) is 39.2. The van der Waals surface area contributed by atoms with E-state index in [0.717, 1.165) is 50.2 Å². The van der Waals surface area contributed by atoms with E-state index in [1.807, 2.05) is 12.1 Å². The van der Waals surface area contributed by atoms with Gasteiger partial charge in [-0.05, 0) is 74.1 Å². The van der Waals surface area contributed by atoms with Crippen molar-refractivity contribution in [1.82, 2.24) is 9.62 Å². The molecule has 6 rings (SSSR count). The molecule has 1 aromatic rings. The Hall–Kier alpha value is -0.620. The molecule has 2 atom stereocenters. The van der Waals surface area contributed by atoms with E-state index in [1.54, 1.807) is 0 Å². The van der Waals surface area contributed by atoms with Crippen LogP contribution in [0, 0.1) is 23.6 Å². The minimum absolute atomic E-state index is 0.0796. The van der Waals surface area contributed by atoms with Gasteiger partial charge in [0.25, 0.3) is 0 Å². The summed E-state index contributed by atoms with van der Waals surface area (Å²) in [5, 5.41) is 0. The molecule has 0 aromatic heterocycles. The smallest absolute Gasteiger partial charge is 0.146 e. The van der Waals surface area contributed by atoms with Gasteiger partial charge in [0.15, 0.2) is 0 Å². The minimum Gasteiger partial charge on any atom is -0.598 e. The number of halogens is 1. The van der Waals surface area contributed by atoms with Gasteiger partial charge in [0, 0.05) is 43.7 Å². The third kappa shape index (κ3) is 3.81. The molecule has 5 aliphatic rings. The van der Waals surface area contributed by atoms with E-state index >= 15 is 0 Å². The van der Waals surface area contributed by atoms with Crippen molar-refractivity contribution in [3.8, 4) is 0 Å². The number of benzene rings is 1. The summed E-state index contributed by atoms with van der Waals surface area (Å²) in [5.41, 5.74) is 1.19. The lowest BCUT2D eigenvalue weighted by atomic mass is 9.56. The first-order chi connectivity index (χ1) is 13.1. The van der Waals surface area contributed by atoms with Crippen LogP contribution in [-0.2, 0) is 17.8 Å². The summed E-state index contributed by atoms with van der Waals surface area (Å²) in [4.78, 5) is 2.46. The zero-order valence-electron chi connectivity index (χ0n) is 16.0. The van der Waals surface area contributed by atoms with E-state index in [9.17, 15) is 8.94 Å².